The highest BCUT2D eigenvalue weighted by molar-refractivity contribution is 5.76. The van der Waals surface area contributed by atoms with Crippen molar-refractivity contribution in [2.24, 2.45) is 5.92 Å². The molecule has 0 N–H and O–H groups in total. The highest BCUT2D eigenvalue weighted by Gasteiger charge is 2.05. The SMILES string of the molecule is Cc1cc(C=O)ccc1N(C)CCC(C)C. The quantitative estimate of drug-likeness (QED) is 0.708. The second-order valence-electron chi connectivity index (χ2n) is 4.77. The molecule has 0 bridgehead atoms. The number of carbonyl (C=O) groups excluding carboxylic acids is 1. The second-order valence-corrected chi connectivity index (χ2v) is 4.77. The first-order valence-corrected chi connectivity index (χ1v) is 5.81. The van der Waals surface area contributed by atoms with E-state index < -0.39 is 0 Å². The van der Waals surface area contributed by atoms with Crippen LogP contribution in [-0.4, -0.2) is 19.9 Å². The Kier molecular flexibility index (Phi) is 4.53. The Morgan fingerprint density at radius 1 is 1.38 bits per heavy atom. The van der Waals surface area contributed by atoms with Gasteiger partial charge in [0.2, 0.25) is 0 Å². The van der Waals surface area contributed by atoms with E-state index in [4.69, 9.17) is 0 Å². The fourth-order valence-electron chi connectivity index (χ4n) is 1.75. The van der Waals surface area contributed by atoms with E-state index in [2.05, 4.69) is 25.8 Å². The van der Waals surface area contributed by atoms with Crippen molar-refractivity contribution in [1.82, 2.24) is 0 Å². The van der Waals surface area contributed by atoms with Crippen molar-refractivity contribution >= 4 is 12.0 Å². The number of benzene rings is 1. The fraction of sp³-hybridized carbons (Fsp3) is 0.500. The molecule has 0 atom stereocenters. The van der Waals surface area contributed by atoms with Crippen LogP contribution < -0.4 is 4.90 Å². The van der Waals surface area contributed by atoms with E-state index in [1.165, 1.54) is 12.1 Å². The summed E-state index contributed by atoms with van der Waals surface area (Å²) in [6.45, 7) is 7.57. The van der Waals surface area contributed by atoms with Gasteiger partial charge in [-0.25, -0.2) is 0 Å². The molecular weight excluding hydrogens is 198 g/mol. The van der Waals surface area contributed by atoms with E-state index >= 15 is 0 Å². The normalized spacial score (nSPS) is 10.6. The van der Waals surface area contributed by atoms with Crippen LogP contribution >= 0.6 is 0 Å². The Labute approximate surface area is 98.3 Å². The molecule has 0 radical (unpaired) electrons. The van der Waals surface area contributed by atoms with Crippen molar-refractivity contribution in [2.45, 2.75) is 27.2 Å². The highest BCUT2D eigenvalue weighted by atomic mass is 16.1. The lowest BCUT2D eigenvalue weighted by atomic mass is 10.1. The number of aryl methyl sites for hydroxylation is 1. The summed E-state index contributed by atoms with van der Waals surface area (Å²) in [6.07, 6.45) is 2.08. The number of hydrogen-bond donors (Lipinski definition) is 0. The molecule has 0 fully saturated rings. The molecule has 0 aliphatic heterocycles. The molecule has 1 aromatic rings. The zero-order chi connectivity index (χ0) is 12.1. The van der Waals surface area contributed by atoms with E-state index in [0.29, 0.717) is 0 Å². The van der Waals surface area contributed by atoms with Crippen molar-refractivity contribution in [3.05, 3.63) is 29.3 Å². The molecular formula is C14H21NO. The van der Waals surface area contributed by atoms with Crippen molar-refractivity contribution < 1.29 is 4.79 Å². The van der Waals surface area contributed by atoms with Gasteiger partial charge in [-0.15, -0.1) is 0 Å². The number of anilines is 1. The lowest BCUT2D eigenvalue weighted by Gasteiger charge is -2.22. The molecule has 0 aromatic heterocycles. The van der Waals surface area contributed by atoms with E-state index in [1.54, 1.807) is 0 Å². The Morgan fingerprint density at radius 3 is 2.56 bits per heavy atom. The Balaban J connectivity index is 2.75. The van der Waals surface area contributed by atoms with Gasteiger partial charge in [0.1, 0.15) is 6.29 Å². The van der Waals surface area contributed by atoms with Gasteiger partial charge >= 0.3 is 0 Å². The number of aldehydes is 1. The Bertz CT molecular complexity index is 358. The molecule has 0 amide bonds. The van der Waals surface area contributed by atoms with Gasteiger partial charge in [-0.3, -0.25) is 4.79 Å². The first kappa shape index (κ1) is 12.8. The zero-order valence-electron chi connectivity index (χ0n) is 10.7. The molecule has 0 aliphatic rings. The van der Waals surface area contributed by atoms with Crippen LogP contribution in [-0.2, 0) is 0 Å². The number of rotatable bonds is 5. The van der Waals surface area contributed by atoms with Crippen LogP contribution in [0.1, 0.15) is 36.2 Å². The first-order valence-electron chi connectivity index (χ1n) is 5.81. The van der Waals surface area contributed by atoms with E-state index in [-0.39, 0.29) is 0 Å². The number of hydrogen-bond acceptors (Lipinski definition) is 2. The van der Waals surface area contributed by atoms with Crippen LogP contribution in [0.15, 0.2) is 18.2 Å². The summed E-state index contributed by atoms with van der Waals surface area (Å²) < 4.78 is 0. The predicted molar refractivity (Wildman–Crippen MR) is 69.3 cm³/mol. The molecule has 88 valence electrons. The summed E-state index contributed by atoms with van der Waals surface area (Å²) in [4.78, 5) is 12.9. The Hall–Kier alpha value is -1.31. The summed E-state index contributed by atoms with van der Waals surface area (Å²) in [5, 5.41) is 0. The monoisotopic (exact) mass is 219 g/mol. The number of nitrogens with zero attached hydrogens (tertiary/aromatic N) is 1. The van der Waals surface area contributed by atoms with Gasteiger partial charge < -0.3 is 4.90 Å². The molecule has 0 saturated heterocycles. The third kappa shape index (κ3) is 3.37. The van der Waals surface area contributed by atoms with Gasteiger partial charge in [0, 0.05) is 24.8 Å². The molecule has 2 heteroatoms. The summed E-state index contributed by atoms with van der Waals surface area (Å²) in [5.74, 6) is 0.719. The second kappa shape index (κ2) is 5.69. The topological polar surface area (TPSA) is 20.3 Å². The van der Waals surface area contributed by atoms with E-state index in [0.717, 1.165) is 29.9 Å². The summed E-state index contributed by atoms with van der Waals surface area (Å²) in [7, 11) is 2.10. The molecule has 0 unspecified atom stereocenters. The molecule has 0 saturated carbocycles. The van der Waals surface area contributed by atoms with Crippen molar-refractivity contribution in [1.29, 1.82) is 0 Å². The standard InChI is InChI=1S/C14H21NO/c1-11(2)7-8-15(4)14-6-5-13(10-16)9-12(14)3/h5-6,9-11H,7-8H2,1-4H3. The molecule has 0 aliphatic carbocycles. The summed E-state index contributed by atoms with van der Waals surface area (Å²) in [5.41, 5.74) is 3.13. The summed E-state index contributed by atoms with van der Waals surface area (Å²) in [6, 6.07) is 5.84. The van der Waals surface area contributed by atoms with Gasteiger partial charge in [-0.1, -0.05) is 13.8 Å². The minimum atomic E-state index is 0.719. The molecule has 1 aromatic carbocycles. The van der Waals surface area contributed by atoms with Crippen LogP contribution in [0.4, 0.5) is 5.69 Å². The maximum Gasteiger partial charge on any atom is 0.150 e. The van der Waals surface area contributed by atoms with Gasteiger partial charge in [-0.2, -0.15) is 0 Å². The highest BCUT2D eigenvalue weighted by Crippen LogP contribution is 2.20. The fourth-order valence-corrected chi connectivity index (χ4v) is 1.75. The van der Waals surface area contributed by atoms with Gasteiger partial charge in [-0.05, 0) is 43.0 Å². The van der Waals surface area contributed by atoms with Crippen molar-refractivity contribution in [3.8, 4) is 0 Å². The molecule has 0 heterocycles. The lowest BCUT2D eigenvalue weighted by Crippen LogP contribution is -2.20. The van der Waals surface area contributed by atoms with Crippen LogP contribution in [0.2, 0.25) is 0 Å². The molecule has 1 rings (SSSR count). The van der Waals surface area contributed by atoms with Gasteiger partial charge in [0.15, 0.2) is 0 Å². The van der Waals surface area contributed by atoms with Crippen LogP contribution in [0.3, 0.4) is 0 Å². The largest absolute Gasteiger partial charge is 0.374 e. The smallest absolute Gasteiger partial charge is 0.150 e. The third-order valence-corrected chi connectivity index (χ3v) is 2.81. The van der Waals surface area contributed by atoms with Crippen LogP contribution in [0, 0.1) is 12.8 Å². The zero-order valence-corrected chi connectivity index (χ0v) is 10.7. The first-order chi connectivity index (χ1) is 7.54. The van der Waals surface area contributed by atoms with Crippen molar-refractivity contribution in [2.75, 3.05) is 18.5 Å². The maximum atomic E-state index is 10.6. The van der Waals surface area contributed by atoms with E-state index in [1.807, 2.05) is 25.1 Å². The predicted octanol–water partition coefficient (Wildman–Crippen LogP) is 3.29. The summed E-state index contributed by atoms with van der Waals surface area (Å²) >= 11 is 0. The average Bonchev–Trinajstić information content (AvgIpc) is 2.25. The van der Waals surface area contributed by atoms with E-state index in [9.17, 15) is 4.79 Å². The minimum Gasteiger partial charge on any atom is -0.374 e. The lowest BCUT2D eigenvalue weighted by molar-refractivity contribution is 0.112. The molecule has 0 spiro atoms. The number of carbonyl (C=O) groups is 1. The average molecular weight is 219 g/mol. The van der Waals surface area contributed by atoms with Gasteiger partial charge in [0.25, 0.3) is 0 Å². The molecule has 2 nitrogen and oxygen atoms in total. The third-order valence-electron chi connectivity index (χ3n) is 2.81. The van der Waals surface area contributed by atoms with Crippen LogP contribution in [0.25, 0.3) is 0 Å². The minimum absolute atomic E-state index is 0.719. The maximum absolute atomic E-state index is 10.6. The molecule has 16 heavy (non-hydrogen) atoms. The van der Waals surface area contributed by atoms with Gasteiger partial charge in [0.05, 0.1) is 0 Å². The Morgan fingerprint density at radius 2 is 2.06 bits per heavy atom. The van der Waals surface area contributed by atoms with Crippen LogP contribution in [0.5, 0.6) is 0 Å². The van der Waals surface area contributed by atoms with Crippen molar-refractivity contribution in [3.63, 3.8) is 0 Å².